The number of hydrogen-bond acceptors (Lipinski definition) is 4. The monoisotopic (exact) mass is 375 g/mol. The van der Waals surface area contributed by atoms with Crippen molar-refractivity contribution < 1.29 is 13.2 Å². The van der Waals surface area contributed by atoms with Gasteiger partial charge in [-0.3, -0.25) is 14.5 Å². The minimum Gasteiger partial charge on any atom is -0.326 e. The molecule has 2 N–H and O–H groups in total. The molecular formula is C19H25N3O3S. The van der Waals surface area contributed by atoms with E-state index in [4.69, 9.17) is 0 Å². The van der Waals surface area contributed by atoms with Crippen LogP contribution in [0.15, 0.2) is 46.3 Å². The highest BCUT2D eigenvalue weighted by atomic mass is 32.2. The highest BCUT2D eigenvalue weighted by Crippen LogP contribution is 2.22. The van der Waals surface area contributed by atoms with Gasteiger partial charge in [0.2, 0.25) is 5.91 Å². The van der Waals surface area contributed by atoms with Crippen molar-refractivity contribution in [3.63, 3.8) is 0 Å². The molecular weight excluding hydrogens is 350 g/mol. The molecule has 1 atom stereocenters. The lowest BCUT2D eigenvalue weighted by atomic mass is 9.93. The Morgan fingerprint density at radius 3 is 2.85 bits per heavy atom. The first kappa shape index (κ1) is 18.6. The van der Waals surface area contributed by atoms with E-state index in [0.717, 1.165) is 38.5 Å². The Morgan fingerprint density at radius 1 is 1.15 bits per heavy atom. The summed E-state index contributed by atoms with van der Waals surface area (Å²) in [5.74, 6) is 0.398. The van der Waals surface area contributed by atoms with Gasteiger partial charge in [0.1, 0.15) is 5.84 Å². The Balaban J connectivity index is 1.70. The average molecular weight is 375 g/mol. The predicted molar refractivity (Wildman–Crippen MR) is 103 cm³/mol. The van der Waals surface area contributed by atoms with Crippen LogP contribution in [0.1, 0.15) is 44.9 Å². The zero-order valence-electron chi connectivity index (χ0n) is 14.8. The van der Waals surface area contributed by atoms with Crippen molar-refractivity contribution in [1.82, 2.24) is 4.72 Å². The van der Waals surface area contributed by atoms with Crippen molar-refractivity contribution >= 4 is 27.5 Å². The zero-order valence-corrected chi connectivity index (χ0v) is 15.6. The minimum atomic E-state index is -3.70. The highest BCUT2D eigenvalue weighted by Gasteiger charge is 2.21. The number of aliphatic imine (C=N–C) groups is 1. The summed E-state index contributed by atoms with van der Waals surface area (Å²) in [6.07, 6.45) is 10.2. The van der Waals surface area contributed by atoms with Gasteiger partial charge in [-0.25, -0.2) is 8.42 Å². The number of nitrogens with zero attached hydrogens (tertiary/aromatic N) is 1. The molecule has 1 unspecified atom stereocenters. The van der Waals surface area contributed by atoms with E-state index < -0.39 is 10.0 Å². The molecule has 6 nitrogen and oxygen atoms in total. The van der Waals surface area contributed by atoms with Crippen LogP contribution in [-0.2, 0) is 14.8 Å². The SMILES string of the molecule is O=C(Nc1cccc(S(=O)(=O)NC2=NCCCCC2)c1)C1CC=CCC1. The molecule has 0 spiro atoms. The van der Waals surface area contributed by atoms with E-state index >= 15 is 0 Å². The summed E-state index contributed by atoms with van der Waals surface area (Å²) < 4.78 is 27.9. The Kier molecular flexibility index (Phi) is 6.08. The summed E-state index contributed by atoms with van der Waals surface area (Å²) in [6.45, 7) is 0.657. The van der Waals surface area contributed by atoms with Gasteiger partial charge in [0.05, 0.1) is 4.90 Å². The lowest BCUT2D eigenvalue weighted by Gasteiger charge is -2.17. The third-order valence-corrected chi connectivity index (χ3v) is 6.06. The van der Waals surface area contributed by atoms with Crippen molar-refractivity contribution in [3.05, 3.63) is 36.4 Å². The molecule has 0 saturated carbocycles. The normalized spacial score (nSPS) is 20.8. The maximum Gasteiger partial charge on any atom is 0.262 e. The largest absolute Gasteiger partial charge is 0.326 e. The third-order valence-electron chi connectivity index (χ3n) is 4.68. The fourth-order valence-corrected chi connectivity index (χ4v) is 4.32. The number of allylic oxidation sites excluding steroid dienone is 2. The molecule has 1 aromatic rings. The van der Waals surface area contributed by atoms with Gasteiger partial charge in [-0.1, -0.05) is 24.6 Å². The molecule has 0 radical (unpaired) electrons. The molecule has 0 bridgehead atoms. The first-order valence-corrected chi connectivity index (χ1v) is 10.6. The van der Waals surface area contributed by atoms with Gasteiger partial charge in [-0.2, -0.15) is 0 Å². The molecule has 1 aliphatic heterocycles. The maximum absolute atomic E-state index is 12.6. The third kappa shape index (κ3) is 4.94. The summed E-state index contributed by atoms with van der Waals surface area (Å²) >= 11 is 0. The van der Waals surface area contributed by atoms with Gasteiger partial charge in [0.15, 0.2) is 0 Å². The van der Waals surface area contributed by atoms with Crippen molar-refractivity contribution in [1.29, 1.82) is 0 Å². The van der Waals surface area contributed by atoms with Crippen LogP contribution >= 0.6 is 0 Å². The van der Waals surface area contributed by atoms with Gasteiger partial charge in [0.25, 0.3) is 10.0 Å². The van der Waals surface area contributed by atoms with Crippen molar-refractivity contribution in [2.45, 2.75) is 49.8 Å². The van der Waals surface area contributed by atoms with E-state index in [1.54, 1.807) is 12.1 Å². The van der Waals surface area contributed by atoms with Gasteiger partial charge in [-0.05, 0) is 50.3 Å². The molecule has 1 aliphatic carbocycles. The lowest BCUT2D eigenvalue weighted by Crippen LogP contribution is -2.30. The van der Waals surface area contributed by atoms with E-state index in [2.05, 4.69) is 21.1 Å². The van der Waals surface area contributed by atoms with Gasteiger partial charge in [-0.15, -0.1) is 0 Å². The predicted octanol–water partition coefficient (Wildman–Crippen LogP) is 3.23. The number of carbonyl (C=O) groups is 1. The summed E-state index contributed by atoms with van der Waals surface area (Å²) in [7, 11) is -3.70. The molecule has 1 amide bonds. The highest BCUT2D eigenvalue weighted by molar-refractivity contribution is 7.90. The topological polar surface area (TPSA) is 87.6 Å². The number of carbonyl (C=O) groups excluding carboxylic acids is 1. The molecule has 0 saturated heterocycles. The minimum absolute atomic E-state index is 0.0567. The number of amides is 1. The second-order valence-corrected chi connectivity index (χ2v) is 8.43. The zero-order chi connectivity index (χ0) is 18.4. The Morgan fingerprint density at radius 2 is 2.04 bits per heavy atom. The number of anilines is 1. The van der Waals surface area contributed by atoms with Crippen molar-refractivity contribution in [2.75, 3.05) is 11.9 Å². The second-order valence-electron chi connectivity index (χ2n) is 6.74. The number of benzene rings is 1. The van der Waals surface area contributed by atoms with Gasteiger partial charge in [0, 0.05) is 24.6 Å². The standard InChI is InChI=1S/C19H25N3O3S/c23-19(15-8-3-1-4-9-15)21-16-10-7-11-17(14-16)26(24,25)22-18-12-5-2-6-13-20-18/h1,3,7,10-11,14-15H,2,4-6,8-9,12-13H2,(H,20,22)(H,21,23). The molecule has 26 heavy (non-hydrogen) atoms. The van der Waals surface area contributed by atoms with Crippen LogP contribution in [0.4, 0.5) is 5.69 Å². The Hall–Kier alpha value is -2.15. The first-order valence-electron chi connectivity index (χ1n) is 9.17. The molecule has 3 rings (SSSR count). The fourth-order valence-electron chi connectivity index (χ4n) is 3.19. The molecule has 0 aromatic heterocycles. The van der Waals surface area contributed by atoms with Crippen molar-refractivity contribution in [3.8, 4) is 0 Å². The summed E-state index contributed by atoms with van der Waals surface area (Å²) in [5, 5.41) is 2.84. The number of sulfonamides is 1. The molecule has 1 aromatic carbocycles. The van der Waals surface area contributed by atoms with Gasteiger partial charge < -0.3 is 5.32 Å². The molecule has 7 heteroatoms. The van der Waals surface area contributed by atoms with E-state index in [-0.39, 0.29) is 16.7 Å². The number of nitrogens with one attached hydrogen (secondary N) is 2. The van der Waals surface area contributed by atoms with Crippen LogP contribution in [0.2, 0.25) is 0 Å². The fraction of sp³-hybridized carbons (Fsp3) is 0.474. The molecule has 140 valence electrons. The Labute approximate surface area is 154 Å². The maximum atomic E-state index is 12.6. The van der Waals surface area contributed by atoms with Gasteiger partial charge >= 0.3 is 0 Å². The quantitative estimate of drug-likeness (QED) is 0.792. The van der Waals surface area contributed by atoms with E-state index in [0.29, 0.717) is 24.5 Å². The van der Waals surface area contributed by atoms with E-state index in [1.807, 2.05) is 6.08 Å². The van der Waals surface area contributed by atoms with Crippen LogP contribution in [0.5, 0.6) is 0 Å². The lowest BCUT2D eigenvalue weighted by molar-refractivity contribution is -0.120. The second kappa shape index (κ2) is 8.49. The van der Waals surface area contributed by atoms with Crippen molar-refractivity contribution in [2.24, 2.45) is 10.9 Å². The van der Waals surface area contributed by atoms with Crippen LogP contribution in [0, 0.1) is 5.92 Å². The summed E-state index contributed by atoms with van der Waals surface area (Å²) in [6, 6.07) is 6.37. The van der Waals surface area contributed by atoms with Crippen LogP contribution in [0.3, 0.4) is 0 Å². The van der Waals surface area contributed by atoms with Crippen LogP contribution < -0.4 is 10.0 Å². The summed E-state index contributed by atoms with van der Waals surface area (Å²) in [4.78, 5) is 16.8. The molecule has 0 fully saturated rings. The summed E-state index contributed by atoms with van der Waals surface area (Å²) in [5.41, 5.74) is 0.496. The number of rotatable bonds is 4. The number of amidine groups is 1. The van der Waals surface area contributed by atoms with E-state index in [1.165, 1.54) is 12.1 Å². The molecule has 2 aliphatic rings. The van der Waals surface area contributed by atoms with E-state index in [9.17, 15) is 13.2 Å². The molecule has 1 heterocycles. The smallest absolute Gasteiger partial charge is 0.262 e. The average Bonchev–Trinajstić information content (AvgIpc) is 2.91. The number of hydrogen-bond donors (Lipinski definition) is 2. The van der Waals surface area contributed by atoms with Crippen LogP contribution in [-0.4, -0.2) is 26.7 Å². The first-order chi connectivity index (χ1) is 12.5. The Bertz CT molecular complexity index is 815. The van der Waals surface area contributed by atoms with Crippen LogP contribution in [0.25, 0.3) is 0 Å².